The summed E-state index contributed by atoms with van der Waals surface area (Å²) in [6, 6.07) is 80.6. The summed E-state index contributed by atoms with van der Waals surface area (Å²) in [7, 11) is 0. The second-order valence-electron chi connectivity index (χ2n) is 24.3. The number of nitrogens with zero attached hydrogens (tertiary/aromatic N) is 4. The fourth-order valence-electron chi connectivity index (χ4n) is 14.2. The van der Waals surface area contributed by atoms with Crippen LogP contribution in [0.4, 0.5) is 34.1 Å². The third-order valence-corrected chi connectivity index (χ3v) is 18.5. The van der Waals surface area contributed by atoms with Gasteiger partial charge in [0, 0.05) is 66.9 Å². The number of hydrogen-bond acceptors (Lipinski definition) is 5. The Balaban J connectivity index is 0.772. The molecule has 0 aliphatic heterocycles. The minimum absolute atomic E-state index is 0.144. The lowest BCUT2D eigenvalue weighted by Gasteiger charge is -2.29. The Bertz CT molecular complexity index is 3830. The third kappa shape index (κ3) is 6.88. The van der Waals surface area contributed by atoms with E-state index >= 15 is 0 Å². The first-order valence-corrected chi connectivity index (χ1v) is 27.8. The molecule has 0 spiro atoms. The van der Waals surface area contributed by atoms with Crippen LogP contribution in [0.2, 0.25) is 0 Å². The van der Waals surface area contributed by atoms with Gasteiger partial charge in [0.1, 0.15) is 0 Å². The van der Waals surface area contributed by atoms with Crippen molar-refractivity contribution in [3.63, 3.8) is 0 Å². The van der Waals surface area contributed by atoms with Gasteiger partial charge in [-0.2, -0.15) is 0 Å². The highest BCUT2D eigenvalue weighted by atomic mass is 16.4. The molecule has 0 amide bonds. The molecule has 15 rings (SSSR count). The van der Waals surface area contributed by atoms with Gasteiger partial charge in [0.25, 0.3) is 0 Å². The number of benzene rings is 10. The van der Waals surface area contributed by atoms with Crippen LogP contribution >= 0.6 is 0 Å². The Hall–Kier alpha value is -9.06. The van der Waals surface area contributed by atoms with Crippen LogP contribution in [0, 0.1) is 0 Å². The average Bonchev–Trinajstić information content (AvgIpc) is 4.40. The van der Waals surface area contributed by atoms with E-state index in [9.17, 15) is 0 Å². The summed E-state index contributed by atoms with van der Waals surface area (Å²) in [5, 5.41) is 9.29. The number of rotatable bonds is 8. The molecule has 0 bridgehead atoms. The monoisotopic (exact) mass is 1020 g/mol. The van der Waals surface area contributed by atoms with E-state index in [1.807, 2.05) is 0 Å². The third-order valence-electron chi connectivity index (χ3n) is 18.5. The van der Waals surface area contributed by atoms with Crippen LogP contribution in [0.25, 0.3) is 67.4 Å². The molecular formula is C74H60N4O. The molecule has 0 fully saturated rings. The highest BCUT2D eigenvalue weighted by Gasteiger charge is 2.40. The van der Waals surface area contributed by atoms with Crippen molar-refractivity contribution in [1.29, 1.82) is 0 Å². The first-order valence-electron chi connectivity index (χ1n) is 27.8. The SMILES string of the molecule is CC1(C)c2ccccc2-c2ccc(N(c3ccc(-c4nnc(-c5ccc(N(c6ccc7c(c6)C(C)(C)c6ccccc6-7)c6ccc7c(c6)C(C)(C)c6ccccc6-7)cc5)o4)cc3)c3ccc4c(c3)C(C)(C)c3ccccc3-4)cc21. The summed E-state index contributed by atoms with van der Waals surface area (Å²) in [5.41, 5.74) is 28.9. The van der Waals surface area contributed by atoms with Crippen LogP contribution in [-0.4, -0.2) is 10.2 Å². The molecule has 0 atom stereocenters. The molecule has 1 aromatic heterocycles. The summed E-state index contributed by atoms with van der Waals surface area (Å²) >= 11 is 0. The largest absolute Gasteiger partial charge is 0.416 e. The second-order valence-corrected chi connectivity index (χ2v) is 24.3. The molecule has 0 saturated carbocycles. The van der Waals surface area contributed by atoms with Gasteiger partial charge in [-0.1, -0.05) is 177 Å². The predicted octanol–water partition coefficient (Wildman–Crippen LogP) is 19.6. The number of aromatic nitrogens is 2. The first kappa shape index (κ1) is 47.2. The molecule has 1 heterocycles. The van der Waals surface area contributed by atoms with E-state index in [0.29, 0.717) is 11.8 Å². The summed E-state index contributed by atoms with van der Waals surface area (Å²) < 4.78 is 6.56. The van der Waals surface area contributed by atoms with Crippen molar-refractivity contribution in [2.45, 2.75) is 77.0 Å². The van der Waals surface area contributed by atoms with Crippen LogP contribution in [0.5, 0.6) is 0 Å². The molecule has 79 heavy (non-hydrogen) atoms. The zero-order valence-electron chi connectivity index (χ0n) is 46.0. The zero-order chi connectivity index (χ0) is 53.7. The van der Waals surface area contributed by atoms with Gasteiger partial charge >= 0.3 is 0 Å². The van der Waals surface area contributed by atoms with E-state index in [0.717, 1.165) is 45.3 Å². The lowest BCUT2D eigenvalue weighted by molar-refractivity contribution is 0.584. The van der Waals surface area contributed by atoms with Gasteiger partial charge in [0.2, 0.25) is 11.8 Å². The van der Waals surface area contributed by atoms with Crippen molar-refractivity contribution in [3.05, 3.63) is 263 Å². The molecule has 5 heteroatoms. The average molecular weight is 1020 g/mol. The number of hydrogen-bond donors (Lipinski definition) is 0. The van der Waals surface area contributed by atoms with Crippen LogP contribution in [0.3, 0.4) is 0 Å². The Kier molecular flexibility index (Phi) is 9.99. The van der Waals surface area contributed by atoms with E-state index in [1.54, 1.807) is 0 Å². The van der Waals surface area contributed by atoms with Gasteiger partial charge in [0.05, 0.1) is 0 Å². The van der Waals surface area contributed by atoms with E-state index in [2.05, 4.69) is 294 Å². The molecule has 11 aromatic rings. The lowest BCUT2D eigenvalue weighted by Crippen LogP contribution is -2.18. The zero-order valence-corrected chi connectivity index (χ0v) is 46.0. The minimum Gasteiger partial charge on any atom is -0.416 e. The molecule has 4 aliphatic carbocycles. The van der Waals surface area contributed by atoms with Crippen LogP contribution in [-0.2, 0) is 21.7 Å². The maximum atomic E-state index is 6.56. The highest BCUT2D eigenvalue weighted by molar-refractivity contribution is 5.91. The Morgan fingerprint density at radius 3 is 0.747 bits per heavy atom. The first-order chi connectivity index (χ1) is 38.2. The van der Waals surface area contributed by atoms with E-state index in [1.165, 1.54) is 89.0 Å². The number of fused-ring (bicyclic) bond motifs is 12. The molecule has 10 aromatic carbocycles. The standard InChI is InChI=1S/C74H60N4O/c1-71(2)61-21-13-9-17-53(61)57-37-33-49(41-65(57)71)77(50-34-38-58-54-18-10-14-22-62(54)72(3,4)66(58)42-50)47-29-25-45(26-30-47)69-75-76-70(79-69)46-27-31-48(32-28-46)78(51-35-39-59-55-19-11-15-23-63(55)73(5,6)67(59)43-51)52-36-40-60-56-20-12-16-24-64(56)74(7,8)68(60)44-52/h9-44H,1-8H3. The fourth-order valence-corrected chi connectivity index (χ4v) is 14.2. The topological polar surface area (TPSA) is 45.4 Å². The van der Waals surface area contributed by atoms with Gasteiger partial charge < -0.3 is 14.2 Å². The summed E-state index contributed by atoms with van der Waals surface area (Å²) in [6.45, 7) is 18.8. The van der Waals surface area contributed by atoms with Crippen molar-refractivity contribution in [3.8, 4) is 67.4 Å². The predicted molar refractivity (Wildman–Crippen MR) is 325 cm³/mol. The molecule has 382 valence electrons. The van der Waals surface area contributed by atoms with Crippen LogP contribution in [0.15, 0.2) is 223 Å². The van der Waals surface area contributed by atoms with Gasteiger partial charge in [0.15, 0.2) is 0 Å². The van der Waals surface area contributed by atoms with Crippen molar-refractivity contribution >= 4 is 34.1 Å². The molecule has 0 unspecified atom stereocenters. The normalized spacial score (nSPS) is 15.5. The Morgan fingerprint density at radius 2 is 0.481 bits per heavy atom. The van der Waals surface area contributed by atoms with Crippen molar-refractivity contribution in [2.75, 3.05) is 9.80 Å². The summed E-state index contributed by atoms with van der Waals surface area (Å²) in [4.78, 5) is 4.80. The van der Waals surface area contributed by atoms with Crippen LogP contribution in [0.1, 0.15) is 99.9 Å². The van der Waals surface area contributed by atoms with E-state index in [-0.39, 0.29) is 21.7 Å². The number of anilines is 6. The second kappa shape index (κ2) is 16.7. The van der Waals surface area contributed by atoms with E-state index in [4.69, 9.17) is 4.42 Å². The quantitative estimate of drug-likeness (QED) is 0.152. The Morgan fingerprint density at radius 1 is 0.253 bits per heavy atom. The van der Waals surface area contributed by atoms with Gasteiger partial charge in [-0.05, 0) is 186 Å². The fraction of sp³-hybridized carbons (Fsp3) is 0.162. The van der Waals surface area contributed by atoms with Gasteiger partial charge in [-0.25, -0.2) is 0 Å². The minimum atomic E-state index is -0.144. The van der Waals surface area contributed by atoms with Gasteiger partial charge in [-0.3, -0.25) is 0 Å². The van der Waals surface area contributed by atoms with E-state index < -0.39 is 0 Å². The molecule has 5 nitrogen and oxygen atoms in total. The maximum Gasteiger partial charge on any atom is 0.248 e. The summed E-state index contributed by atoms with van der Waals surface area (Å²) in [6.07, 6.45) is 0. The molecule has 0 N–H and O–H groups in total. The molecule has 0 saturated heterocycles. The molecule has 0 radical (unpaired) electrons. The van der Waals surface area contributed by atoms with Crippen molar-refractivity contribution < 1.29 is 4.42 Å². The molecule has 4 aliphatic rings. The lowest BCUT2D eigenvalue weighted by atomic mass is 9.82. The van der Waals surface area contributed by atoms with Crippen molar-refractivity contribution in [2.24, 2.45) is 0 Å². The maximum absolute atomic E-state index is 6.56. The summed E-state index contributed by atoms with van der Waals surface area (Å²) in [5.74, 6) is 0.938. The van der Waals surface area contributed by atoms with Crippen molar-refractivity contribution in [1.82, 2.24) is 10.2 Å². The smallest absolute Gasteiger partial charge is 0.248 e. The Labute approximate surface area is 463 Å². The van der Waals surface area contributed by atoms with Gasteiger partial charge in [-0.15, -0.1) is 10.2 Å². The highest BCUT2D eigenvalue weighted by Crippen LogP contribution is 2.56. The van der Waals surface area contributed by atoms with Crippen LogP contribution < -0.4 is 9.80 Å². The molecular weight excluding hydrogens is 961 g/mol.